The zero-order valence-corrected chi connectivity index (χ0v) is 16.0. The maximum Gasteiger partial charge on any atom is 0.252 e. The van der Waals surface area contributed by atoms with Crippen molar-refractivity contribution in [1.29, 1.82) is 0 Å². The summed E-state index contributed by atoms with van der Waals surface area (Å²) >= 11 is 8.78. The monoisotopic (exact) mass is 407 g/mol. The highest BCUT2D eigenvalue weighted by Crippen LogP contribution is 2.24. The summed E-state index contributed by atoms with van der Waals surface area (Å²) in [5.41, 5.74) is 6.85. The average Bonchev–Trinajstić information content (AvgIpc) is 3.00. The number of nitrogens with one attached hydrogen (secondary N) is 2. The number of aromatic amines is 1. The SMILES string of the molecule is Cc1nnc(SCc2cc(=O)[nH]c(N=C(N)Nc3ccc(Cl)cc3)n2)s1. The van der Waals surface area contributed by atoms with Gasteiger partial charge in [-0.15, -0.1) is 10.2 Å². The highest BCUT2D eigenvalue weighted by molar-refractivity contribution is 8.00. The number of thioether (sulfide) groups is 1. The Kier molecular flexibility index (Phi) is 5.86. The third-order valence-corrected chi connectivity index (χ3v) is 5.23. The van der Waals surface area contributed by atoms with Crippen molar-refractivity contribution in [1.82, 2.24) is 20.2 Å². The Hall–Kier alpha value is -2.43. The molecule has 0 bridgehead atoms. The van der Waals surface area contributed by atoms with Crippen molar-refractivity contribution in [3.8, 4) is 0 Å². The molecule has 0 atom stereocenters. The molecule has 0 amide bonds. The van der Waals surface area contributed by atoms with E-state index < -0.39 is 0 Å². The fourth-order valence-electron chi connectivity index (χ4n) is 1.92. The number of halogens is 1. The lowest BCUT2D eigenvalue weighted by Gasteiger charge is -2.05. The summed E-state index contributed by atoms with van der Waals surface area (Å²) in [6, 6.07) is 8.40. The number of nitrogens with zero attached hydrogens (tertiary/aromatic N) is 4. The van der Waals surface area contributed by atoms with Gasteiger partial charge in [-0.1, -0.05) is 34.7 Å². The lowest BCUT2D eigenvalue weighted by Crippen LogP contribution is -2.22. The number of H-pyrrole nitrogens is 1. The summed E-state index contributed by atoms with van der Waals surface area (Å²) in [7, 11) is 0. The van der Waals surface area contributed by atoms with Gasteiger partial charge >= 0.3 is 0 Å². The highest BCUT2D eigenvalue weighted by atomic mass is 35.5. The Labute approximate surface area is 162 Å². The molecule has 26 heavy (non-hydrogen) atoms. The number of hydrogen-bond donors (Lipinski definition) is 3. The van der Waals surface area contributed by atoms with Crippen molar-refractivity contribution < 1.29 is 0 Å². The van der Waals surface area contributed by atoms with Crippen LogP contribution in [-0.4, -0.2) is 26.1 Å². The van der Waals surface area contributed by atoms with Gasteiger partial charge in [0, 0.05) is 22.5 Å². The number of aryl methyl sites for hydroxylation is 1. The molecule has 0 fully saturated rings. The van der Waals surface area contributed by atoms with Crippen LogP contribution in [0.1, 0.15) is 10.7 Å². The molecule has 134 valence electrons. The van der Waals surface area contributed by atoms with E-state index in [-0.39, 0.29) is 17.5 Å². The van der Waals surface area contributed by atoms with E-state index in [0.717, 1.165) is 15.0 Å². The first kappa shape index (κ1) is 18.4. The van der Waals surface area contributed by atoms with Gasteiger partial charge in [0.05, 0.1) is 5.69 Å². The molecule has 1 aromatic carbocycles. The molecule has 0 saturated heterocycles. The van der Waals surface area contributed by atoms with Gasteiger partial charge in [-0.2, -0.15) is 4.99 Å². The lowest BCUT2D eigenvalue weighted by atomic mass is 10.3. The summed E-state index contributed by atoms with van der Waals surface area (Å²) in [4.78, 5) is 22.8. The second-order valence-corrected chi connectivity index (χ2v) is 7.91. The first-order valence-corrected chi connectivity index (χ1v) is 9.56. The number of aromatic nitrogens is 4. The van der Waals surface area contributed by atoms with E-state index in [0.29, 0.717) is 16.5 Å². The van der Waals surface area contributed by atoms with Crippen LogP contribution in [0.4, 0.5) is 11.6 Å². The van der Waals surface area contributed by atoms with Crippen molar-refractivity contribution in [2.45, 2.75) is 17.0 Å². The highest BCUT2D eigenvalue weighted by Gasteiger charge is 2.06. The molecule has 2 heterocycles. The number of nitrogens with two attached hydrogens (primary N) is 1. The van der Waals surface area contributed by atoms with E-state index in [4.69, 9.17) is 17.3 Å². The van der Waals surface area contributed by atoms with Crippen LogP contribution in [-0.2, 0) is 5.75 Å². The van der Waals surface area contributed by atoms with E-state index in [1.165, 1.54) is 29.2 Å². The Balaban J connectivity index is 1.71. The molecule has 0 aliphatic carbocycles. The largest absolute Gasteiger partial charge is 0.369 e. The minimum Gasteiger partial charge on any atom is -0.369 e. The third kappa shape index (κ3) is 5.28. The zero-order chi connectivity index (χ0) is 18.5. The lowest BCUT2D eigenvalue weighted by molar-refractivity contribution is 0.981. The number of anilines is 1. The number of benzene rings is 1. The third-order valence-electron chi connectivity index (χ3n) is 2.98. The standard InChI is InChI=1S/C15H14ClN7OS2/c1-8-22-23-15(26-8)25-7-11-6-12(24)20-14(19-11)21-13(17)18-10-4-2-9(16)3-5-10/h2-6H,7H2,1H3,(H4,17,18,19,20,21,24). The molecule has 4 N–H and O–H groups in total. The van der Waals surface area contributed by atoms with Gasteiger partial charge in [0.1, 0.15) is 5.01 Å². The van der Waals surface area contributed by atoms with Crippen molar-refractivity contribution in [2.75, 3.05) is 5.32 Å². The van der Waals surface area contributed by atoms with Gasteiger partial charge in [-0.25, -0.2) is 4.98 Å². The second kappa shape index (κ2) is 8.30. The normalized spacial score (nSPS) is 11.5. The Morgan fingerprint density at radius 3 is 2.85 bits per heavy atom. The van der Waals surface area contributed by atoms with Crippen LogP contribution in [0.25, 0.3) is 0 Å². The molecule has 3 aromatic rings. The van der Waals surface area contributed by atoms with Gasteiger partial charge in [-0.05, 0) is 31.2 Å². The fraction of sp³-hybridized carbons (Fsp3) is 0.133. The van der Waals surface area contributed by atoms with Gasteiger partial charge < -0.3 is 11.1 Å². The van der Waals surface area contributed by atoms with Crippen LogP contribution in [0.3, 0.4) is 0 Å². The average molecular weight is 408 g/mol. The van der Waals surface area contributed by atoms with Crippen molar-refractivity contribution in [3.05, 3.63) is 56.4 Å². The summed E-state index contributed by atoms with van der Waals surface area (Å²) in [5, 5.41) is 12.4. The molecule has 0 spiro atoms. The van der Waals surface area contributed by atoms with Crippen molar-refractivity contribution in [2.24, 2.45) is 10.7 Å². The predicted molar refractivity (Wildman–Crippen MR) is 105 cm³/mol. The smallest absolute Gasteiger partial charge is 0.252 e. The summed E-state index contributed by atoms with van der Waals surface area (Å²) < 4.78 is 0.818. The van der Waals surface area contributed by atoms with E-state index in [1.807, 2.05) is 6.92 Å². The minimum absolute atomic E-state index is 0.0972. The second-order valence-electron chi connectivity index (χ2n) is 5.06. The van der Waals surface area contributed by atoms with Crippen LogP contribution < -0.4 is 16.6 Å². The summed E-state index contributed by atoms with van der Waals surface area (Å²) in [6.07, 6.45) is 0. The maximum absolute atomic E-state index is 11.8. The van der Waals surface area contributed by atoms with Gasteiger partial charge in [0.15, 0.2) is 4.34 Å². The van der Waals surface area contributed by atoms with Gasteiger partial charge in [-0.3, -0.25) is 9.78 Å². The molecule has 0 saturated carbocycles. The van der Waals surface area contributed by atoms with Crippen LogP contribution in [0.2, 0.25) is 5.02 Å². The van der Waals surface area contributed by atoms with E-state index in [2.05, 4.69) is 30.5 Å². The van der Waals surface area contributed by atoms with Gasteiger partial charge in [0.25, 0.3) is 5.56 Å². The van der Waals surface area contributed by atoms with E-state index >= 15 is 0 Å². The van der Waals surface area contributed by atoms with Crippen LogP contribution in [0, 0.1) is 6.92 Å². The molecule has 0 aliphatic rings. The molecule has 11 heteroatoms. The molecule has 0 unspecified atom stereocenters. The minimum atomic E-state index is -0.304. The number of hydrogen-bond acceptors (Lipinski definition) is 7. The van der Waals surface area contributed by atoms with E-state index in [9.17, 15) is 4.79 Å². The first-order valence-electron chi connectivity index (χ1n) is 7.38. The van der Waals surface area contributed by atoms with Gasteiger partial charge in [0.2, 0.25) is 11.9 Å². The fourth-order valence-corrected chi connectivity index (χ4v) is 3.75. The number of rotatable bonds is 5. The molecule has 2 aromatic heterocycles. The molecule has 3 rings (SSSR count). The molecule has 0 radical (unpaired) electrons. The van der Waals surface area contributed by atoms with Crippen LogP contribution >= 0.6 is 34.7 Å². The molecular weight excluding hydrogens is 394 g/mol. The molecule has 0 aliphatic heterocycles. The molecule has 8 nitrogen and oxygen atoms in total. The molecular formula is C15H14ClN7OS2. The summed E-state index contributed by atoms with van der Waals surface area (Å²) in [5.74, 6) is 0.700. The summed E-state index contributed by atoms with van der Waals surface area (Å²) in [6.45, 7) is 1.89. The van der Waals surface area contributed by atoms with Crippen LogP contribution in [0.5, 0.6) is 0 Å². The van der Waals surface area contributed by atoms with E-state index in [1.54, 1.807) is 24.3 Å². The number of aliphatic imine (C=N–C) groups is 1. The Morgan fingerprint density at radius 1 is 1.38 bits per heavy atom. The topological polar surface area (TPSA) is 122 Å². The quantitative estimate of drug-likeness (QED) is 0.337. The number of guanidine groups is 1. The maximum atomic E-state index is 11.8. The predicted octanol–water partition coefficient (Wildman–Crippen LogP) is 2.93. The van der Waals surface area contributed by atoms with Crippen molar-refractivity contribution in [3.63, 3.8) is 0 Å². The first-order chi connectivity index (χ1) is 12.5. The van der Waals surface area contributed by atoms with Crippen molar-refractivity contribution >= 4 is 52.3 Å². The van der Waals surface area contributed by atoms with Crippen LogP contribution in [0.15, 0.2) is 44.5 Å². The Morgan fingerprint density at radius 2 is 2.15 bits per heavy atom. The Bertz CT molecular complexity index is 984. The zero-order valence-electron chi connectivity index (χ0n) is 13.6.